The molecule has 1 aliphatic heterocycles. The molecule has 0 aromatic rings. The van der Waals surface area contributed by atoms with Crippen molar-refractivity contribution in [3.05, 3.63) is 0 Å². The lowest BCUT2D eigenvalue weighted by Crippen LogP contribution is -2.49. The number of likely N-dealkylation sites (tertiary alicyclic amines) is 1. The molecule has 20 heavy (non-hydrogen) atoms. The van der Waals surface area contributed by atoms with Crippen molar-refractivity contribution >= 4 is 6.09 Å². The van der Waals surface area contributed by atoms with Crippen LogP contribution in [0.1, 0.15) is 60.8 Å². The van der Waals surface area contributed by atoms with Crippen LogP contribution in [0.3, 0.4) is 0 Å². The minimum absolute atomic E-state index is 0.169. The highest BCUT2D eigenvalue weighted by molar-refractivity contribution is 5.68. The minimum atomic E-state index is -0.412. The zero-order valence-corrected chi connectivity index (χ0v) is 14.0. The molecule has 0 aromatic carbocycles. The molecule has 1 saturated heterocycles. The van der Waals surface area contributed by atoms with Crippen LogP contribution in [0, 0.1) is 5.92 Å². The molecule has 1 heterocycles. The first kappa shape index (κ1) is 17.3. The van der Waals surface area contributed by atoms with Gasteiger partial charge in [-0.25, -0.2) is 4.79 Å². The summed E-state index contributed by atoms with van der Waals surface area (Å²) < 4.78 is 5.47. The molecule has 1 aliphatic rings. The molecular weight excluding hydrogens is 252 g/mol. The van der Waals surface area contributed by atoms with Crippen LogP contribution >= 0.6 is 0 Å². The lowest BCUT2D eigenvalue weighted by atomic mass is 9.91. The van der Waals surface area contributed by atoms with Gasteiger partial charge in [0.15, 0.2) is 0 Å². The van der Waals surface area contributed by atoms with Crippen molar-refractivity contribution in [3.63, 3.8) is 0 Å². The molecule has 0 spiro atoms. The lowest BCUT2D eigenvalue weighted by Gasteiger charge is -2.37. The molecule has 0 saturated carbocycles. The van der Waals surface area contributed by atoms with Gasteiger partial charge in [-0.05, 0) is 59.8 Å². The molecule has 0 aromatic heterocycles. The summed E-state index contributed by atoms with van der Waals surface area (Å²) >= 11 is 0. The Morgan fingerprint density at radius 1 is 1.40 bits per heavy atom. The Morgan fingerprint density at radius 3 is 2.60 bits per heavy atom. The molecular formula is C16H32N2O2. The highest BCUT2D eigenvalue weighted by atomic mass is 16.6. The Kier molecular flexibility index (Phi) is 6.31. The molecule has 1 fully saturated rings. The second-order valence-electron chi connectivity index (χ2n) is 7.09. The number of hydrogen-bond donors (Lipinski definition) is 1. The van der Waals surface area contributed by atoms with E-state index in [1.807, 2.05) is 25.7 Å². The molecule has 0 aliphatic carbocycles. The molecule has 3 atom stereocenters. The Morgan fingerprint density at radius 2 is 2.05 bits per heavy atom. The maximum Gasteiger partial charge on any atom is 0.410 e. The summed E-state index contributed by atoms with van der Waals surface area (Å²) in [5, 5.41) is 3.63. The number of nitrogens with zero attached hydrogens (tertiary/aromatic N) is 1. The first-order valence-corrected chi connectivity index (χ1v) is 7.97. The predicted molar refractivity (Wildman–Crippen MR) is 82.9 cm³/mol. The average molecular weight is 284 g/mol. The van der Waals surface area contributed by atoms with E-state index in [0.29, 0.717) is 18.0 Å². The lowest BCUT2D eigenvalue weighted by molar-refractivity contribution is 0.0146. The van der Waals surface area contributed by atoms with E-state index in [-0.39, 0.29) is 6.09 Å². The van der Waals surface area contributed by atoms with Crippen molar-refractivity contribution < 1.29 is 9.53 Å². The molecule has 0 radical (unpaired) electrons. The summed E-state index contributed by atoms with van der Waals surface area (Å²) in [6, 6.07) is 0.970. The van der Waals surface area contributed by atoms with E-state index >= 15 is 0 Å². The summed E-state index contributed by atoms with van der Waals surface area (Å²) in [4.78, 5) is 14.0. The number of carbonyl (C=O) groups excluding carboxylic acids is 1. The summed E-state index contributed by atoms with van der Waals surface area (Å²) in [5.41, 5.74) is -0.412. The zero-order valence-electron chi connectivity index (χ0n) is 14.0. The number of ether oxygens (including phenoxy) is 1. The normalized spacial score (nSPS) is 23.3. The maximum atomic E-state index is 12.1. The summed E-state index contributed by atoms with van der Waals surface area (Å²) in [7, 11) is 0. The molecule has 0 bridgehead atoms. The van der Waals surface area contributed by atoms with Crippen LogP contribution in [0.15, 0.2) is 0 Å². The van der Waals surface area contributed by atoms with Gasteiger partial charge < -0.3 is 15.0 Å². The van der Waals surface area contributed by atoms with E-state index in [2.05, 4.69) is 26.1 Å². The van der Waals surface area contributed by atoms with Crippen LogP contribution in [0.5, 0.6) is 0 Å². The van der Waals surface area contributed by atoms with E-state index in [1.165, 1.54) is 6.42 Å². The number of carbonyl (C=O) groups is 1. The monoisotopic (exact) mass is 284 g/mol. The zero-order chi connectivity index (χ0) is 15.3. The van der Waals surface area contributed by atoms with Gasteiger partial charge in [0.25, 0.3) is 0 Å². The van der Waals surface area contributed by atoms with Crippen molar-refractivity contribution in [2.45, 2.75) is 78.5 Å². The molecule has 1 N–H and O–H groups in total. The van der Waals surface area contributed by atoms with Gasteiger partial charge in [-0.1, -0.05) is 6.92 Å². The Balaban J connectivity index is 2.51. The smallest absolute Gasteiger partial charge is 0.410 e. The first-order chi connectivity index (χ1) is 9.23. The molecule has 3 unspecified atom stereocenters. The highest BCUT2D eigenvalue weighted by Gasteiger charge is 2.30. The van der Waals surface area contributed by atoms with Crippen molar-refractivity contribution in [2.75, 3.05) is 13.1 Å². The van der Waals surface area contributed by atoms with E-state index < -0.39 is 5.60 Å². The van der Waals surface area contributed by atoms with Crippen LogP contribution in [0.2, 0.25) is 0 Å². The minimum Gasteiger partial charge on any atom is -0.444 e. The van der Waals surface area contributed by atoms with Crippen LogP contribution in [0.4, 0.5) is 4.79 Å². The quantitative estimate of drug-likeness (QED) is 0.860. The number of hydrogen-bond acceptors (Lipinski definition) is 3. The summed E-state index contributed by atoms with van der Waals surface area (Å²) in [5.74, 6) is 0.519. The molecule has 1 amide bonds. The fourth-order valence-electron chi connectivity index (χ4n) is 2.61. The van der Waals surface area contributed by atoms with E-state index in [4.69, 9.17) is 4.74 Å². The molecule has 4 heteroatoms. The van der Waals surface area contributed by atoms with Crippen molar-refractivity contribution in [1.29, 1.82) is 0 Å². The van der Waals surface area contributed by atoms with Gasteiger partial charge in [0.05, 0.1) is 0 Å². The van der Waals surface area contributed by atoms with E-state index in [0.717, 1.165) is 25.9 Å². The van der Waals surface area contributed by atoms with Crippen LogP contribution in [-0.4, -0.2) is 41.8 Å². The number of nitrogens with one attached hydrogen (secondary N) is 1. The van der Waals surface area contributed by atoms with Gasteiger partial charge in [-0.15, -0.1) is 0 Å². The first-order valence-electron chi connectivity index (χ1n) is 7.97. The Labute approximate surface area is 124 Å². The van der Waals surface area contributed by atoms with Gasteiger partial charge in [0, 0.05) is 25.2 Å². The summed E-state index contributed by atoms with van der Waals surface area (Å²) in [6.45, 7) is 14.0. The molecule has 118 valence electrons. The third-order valence-corrected chi connectivity index (χ3v) is 3.98. The SMILES string of the molecule is CCC(C)NC(C)C1CCCN(C(=O)OC(C)(C)C)C1. The fraction of sp³-hybridized carbons (Fsp3) is 0.938. The van der Waals surface area contributed by atoms with Crippen LogP contribution in [0.25, 0.3) is 0 Å². The van der Waals surface area contributed by atoms with Crippen molar-refractivity contribution in [2.24, 2.45) is 5.92 Å². The van der Waals surface area contributed by atoms with Gasteiger partial charge in [0.2, 0.25) is 0 Å². The number of amides is 1. The topological polar surface area (TPSA) is 41.6 Å². The van der Waals surface area contributed by atoms with Crippen LogP contribution < -0.4 is 5.32 Å². The number of piperidine rings is 1. The number of rotatable bonds is 4. The van der Waals surface area contributed by atoms with Gasteiger partial charge in [0.1, 0.15) is 5.60 Å². The summed E-state index contributed by atoms with van der Waals surface area (Å²) in [6.07, 6.45) is 3.21. The van der Waals surface area contributed by atoms with E-state index in [9.17, 15) is 4.79 Å². The standard InChI is InChI=1S/C16H32N2O2/c1-7-12(2)17-13(3)14-9-8-10-18(11-14)15(19)20-16(4,5)6/h12-14,17H,7-11H2,1-6H3. The van der Waals surface area contributed by atoms with Gasteiger partial charge in [-0.3, -0.25) is 0 Å². The van der Waals surface area contributed by atoms with E-state index in [1.54, 1.807) is 0 Å². The predicted octanol–water partition coefficient (Wildman–Crippen LogP) is 3.41. The molecule has 1 rings (SSSR count). The second kappa shape index (κ2) is 7.30. The fourth-order valence-corrected chi connectivity index (χ4v) is 2.61. The van der Waals surface area contributed by atoms with Crippen LogP contribution in [-0.2, 0) is 4.74 Å². The Hall–Kier alpha value is -0.770. The third-order valence-electron chi connectivity index (χ3n) is 3.98. The van der Waals surface area contributed by atoms with Crippen molar-refractivity contribution in [1.82, 2.24) is 10.2 Å². The van der Waals surface area contributed by atoms with Crippen molar-refractivity contribution in [3.8, 4) is 0 Å². The highest BCUT2D eigenvalue weighted by Crippen LogP contribution is 2.22. The van der Waals surface area contributed by atoms with Gasteiger partial charge in [-0.2, -0.15) is 0 Å². The molecule has 4 nitrogen and oxygen atoms in total. The second-order valence-corrected chi connectivity index (χ2v) is 7.09. The Bertz CT molecular complexity index is 312. The largest absolute Gasteiger partial charge is 0.444 e. The van der Waals surface area contributed by atoms with Gasteiger partial charge >= 0.3 is 6.09 Å². The third kappa shape index (κ3) is 5.70. The maximum absolute atomic E-state index is 12.1. The average Bonchev–Trinajstić information content (AvgIpc) is 2.36.